The molecule has 32 heavy (non-hydrogen) atoms. The van der Waals surface area contributed by atoms with Gasteiger partial charge in [-0.2, -0.15) is 0 Å². The van der Waals surface area contributed by atoms with Crippen molar-refractivity contribution in [3.05, 3.63) is 23.5 Å². The van der Waals surface area contributed by atoms with Gasteiger partial charge in [0.25, 0.3) is 0 Å². The number of anilines is 1. The summed E-state index contributed by atoms with van der Waals surface area (Å²) < 4.78 is 31.0. The van der Waals surface area contributed by atoms with E-state index in [1.807, 2.05) is 6.92 Å². The Bertz CT molecular complexity index is 757. The van der Waals surface area contributed by atoms with Crippen molar-refractivity contribution in [1.29, 1.82) is 0 Å². The highest BCUT2D eigenvalue weighted by Crippen LogP contribution is 2.35. The Hall–Kier alpha value is -2.19. The topological polar surface area (TPSA) is 85.3 Å². The first-order valence-corrected chi connectivity index (χ1v) is 11.3. The lowest BCUT2D eigenvalue weighted by atomic mass is 9.82. The zero-order valence-electron chi connectivity index (χ0n) is 19.6. The van der Waals surface area contributed by atoms with Crippen LogP contribution >= 0.6 is 0 Å². The summed E-state index contributed by atoms with van der Waals surface area (Å²) in [7, 11) is 2.99. The minimum Gasteiger partial charge on any atom is -0.490 e. The fourth-order valence-electron chi connectivity index (χ4n) is 4.13. The SMILES string of the molecule is CCCCOc1cc(C(=O)O)c(N(C(=O)C2CCC(C)CC2)C(COC)COC)cc1F. The summed E-state index contributed by atoms with van der Waals surface area (Å²) in [6.45, 7) is 4.67. The van der Waals surface area contributed by atoms with Crippen LogP contribution in [0.25, 0.3) is 0 Å². The minimum absolute atomic E-state index is 0.000522. The predicted octanol–water partition coefficient (Wildman–Crippen LogP) is 4.52. The molecule has 0 unspecified atom stereocenters. The van der Waals surface area contributed by atoms with Crippen LogP contribution in [-0.4, -0.2) is 57.1 Å². The van der Waals surface area contributed by atoms with Crippen LogP contribution in [-0.2, 0) is 14.3 Å². The standard InChI is InChI=1S/C24H36FNO6/c1-5-6-11-32-22-12-19(24(28)29)21(13-20(22)25)26(18(14-30-3)15-31-4)23(27)17-9-7-16(2)8-10-17/h12-13,16-18H,5-11,14-15H2,1-4H3,(H,28,29). The van der Waals surface area contributed by atoms with Gasteiger partial charge in [-0.3, -0.25) is 4.79 Å². The van der Waals surface area contributed by atoms with Crippen molar-refractivity contribution in [2.45, 2.75) is 58.4 Å². The number of aromatic carboxylic acids is 1. The van der Waals surface area contributed by atoms with Crippen molar-refractivity contribution in [1.82, 2.24) is 0 Å². The first-order chi connectivity index (χ1) is 15.3. The van der Waals surface area contributed by atoms with E-state index in [9.17, 15) is 19.1 Å². The number of amides is 1. The molecule has 1 saturated carbocycles. The smallest absolute Gasteiger partial charge is 0.337 e. The minimum atomic E-state index is -1.26. The van der Waals surface area contributed by atoms with Gasteiger partial charge >= 0.3 is 5.97 Å². The van der Waals surface area contributed by atoms with Crippen LogP contribution in [0.1, 0.15) is 62.7 Å². The lowest BCUT2D eigenvalue weighted by Crippen LogP contribution is -2.49. The van der Waals surface area contributed by atoms with Gasteiger partial charge in [0, 0.05) is 26.2 Å². The molecule has 1 N–H and O–H groups in total. The average molecular weight is 454 g/mol. The molecule has 1 aromatic carbocycles. The van der Waals surface area contributed by atoms with Gasteiger partial charge in [0.1, 0.15) is 0 Å². The number of ether oxygens (including phenoxy) is 3. The summed E-state index contributed by atoms with van der Waals surface area (Å²) >= 11 is 0. The Morgan fingerprint density at radius 3 is 2.31 bits per heavy atom. The number of benzene rings is 1. The largest absolute Gasteiger partial charge is 0.490 e. The summed E-state index contributed by atoms with van der Waals surface area (Å²) in [6.07, 6.45) is 4.86. The molecule has 8 heteroatoms. The summed E-state index contributed by atoms with van der Waals surface area (Å²) in [6, 6.07) is 1.66. The van der Waals surface area contributed by atoms with Gasteiger partial charge in [-0.1, -0.05) is 20.3 Å². The Balaban J connectivity index is 2.51. The second kappa shape index (κ2) is 12.7. The number of carbonyl (C=O) groups is 2. The second-order valence-electron chi connectivity index (χ2n) is 8.54. The molecule has 180 valence electrons. The van der Waals surface area contributed by atoms with E-state index < -0.39 is 17.8 Å². The number of carboxylic acids is 1. The highest BCUT2D eigenvalue weighted by molar-refractivity contribution is 6.03. The number of unbranched alkanes of at least 4 members (excludes halogenated alkanes) is 1. The quantitative estimate of drug-likeness (QED) is 0.468. The van der Waals surface area contributed by atoms with Crippen molar-refractivity contribution in [2.24, 2.45) is 11.8 Å². The number of methoxy groups -OCH3 is 2. The zero-order chi connectivity index (χ0) is 23.7. The molecule has 0 heterocycles. The van der Waals surface area contributed by atoms with Crippen LogP contribution in [0.4, 0.5) is 10.1 Å². The van der Waals surface area contributed by atoms with Crippen LogP contribution < -0.4 is 9.64 Å². The molecule has 0 radical (unpaired) electrons. The number of carboxylic acid groups (broad SMARTS) is 1. The number of nitrogens with zero attached hydrogens (tertiary/aromatic N) is 1. The van der Waals surface area contributed by atoms with Crippen molar-refractivity contribution in [2.75, 3.05) is 38.9 Å². The van der Waals surface area contributed by atoms with E-state index in [1.54, 1.807) is 0 Å². The average Bonchev–Trinajstić information content (AvgIpc) is 2.76. The van der Waals surface area contributed by atoms with Gasteiger partial charge in [-0.25, -0.2) is 9.18 Å². The van der Waals surface area contributed by atoms with E-state index in [4.69, 9.17) is 14.2 Å². The summed E-state index contributed by atoms with van der Waals surface area (Å²) in [5, 5.41) is 9.89. The molecule has 1 amide bonds. The Kier molecular flexibility index (Phi) is 10.4. The third kappa shape index (κ3) is 6.65. The van der Waals surface area contributed by atoms with Crippen molar-refractivity contribution in [3.63, 3.8) is 0 Å². The second-order valence-corrected chi connectivity index (χ2v) is 8.54. The number of carbonyl (C=O) groups excluding carboxylic acids is 1. The maximum atomic E-state index is 15.0. The molecule has 1 aromatic rings. The number of hydrogen-bond donors (Lipinski definition) is 1. The van der Waals surface area contributed by atoms with Crippen LogP contribution in [0.5, 0.6) is 5.75 Å². The monoisotopic (exact) mass is 453 g/mol. The molecule has 7 nitrogen and oxygen atoms in total. The van der Waals surface area contributed by atoms with Gasteiger partial charge in [0.2, 0.25) is 5.91 Å². The molecule has 0 atom stereocenters. The molecule has 0 spiro atoms. The zero-order valence-corrected chi connectivity index (χ0v) is 19.6. The van der Waals surface area contributed by atoms with Crippen LogP contribution in [0, 0.1) is 17.7 Å². The van der Waals surface area contributed by atoms with Crippen LogP contribution in [0.2, 0.25) is 0 Å². The predicted molar refractivity (Wildman–Crippen MR) is 120 cm³/mol. The highest BCUT2D eigenvalue weighted by atomic mass is 19.1. The summed E-state index contributed by atoms with van der Waals surface area (Å²) in [5.74, 6) is -2.03. The van der Waals surface area contributed by atoms with Gasteiger partial charge in [-0.05, 0) is 44.1 Å². The molecule has 0 aromatic heterocycles. The maximum absolute atomic E-state index is 15.0. The van der Waals surface area contributed by atoms with Crippen LogP contribution in [0.3, 0.4) is 0 Å². The van der Waals surface area contributed by atoms with E-state index in [0.717, 1.165) is 31.7 Å². The number of hydrogen-bond acceptors (Lipinski definition) is 5. The van der Waals surface area contributed by atoms with E-state index >= 15 is 0 Å². The molecule has 1 aliphatic rings. The van der Waals surface area contributed by atoms with Crippen molar-refractivity contribution < 1.29 is 33.3 Å². The molecule has 1 aliphatic carbocycles. The van der Waals surface area contributed by atoms with Crippen molar-refractivity contribution in [3.8, 4) is 5.75 Å². The van der Waals surface area contributed by atoms with Gasteiger partial charge in [0.15, 0.2) is 11.6 Å². The Labute approximate surface area is 189 Å². The van der Waals surface area contributed by atoms with E-state index in [1.165, 1.54) is 25.2 Å². The molecule has 0 bridgehead atoms. The van der Waals surface area contributed by atoms with E-state index in [0.29, 0.717) is 18.8 Å². The number of rotatable bonds is 12. The van der Waals surface area contributed by atoms with Gasteiger partial charge in [0.05, 0.1) is 37.1 Å². The molecule has 1 fully saturated rings. The Morgan fingerprint density at radius 2 is 1.78 bits per heavy atom. The van der Waals surface area contributed by atoms with E-state index in [-0.39, 0.29) is 48.6 Å². The molecular formula is C24H36FNO6. The number of halogens is 1. The Morgan fingerprint density at radius 1 is 1.16 bits per heavy atom. The summed E-state index contributed by atoms with van der Waals surface area (Å²) in [5.41, 5.74) is -0.187. The first kappa shape index (κ1) is 26.1. The molecule has 0 aliphatic heterocycles. The van der Waals surface area contributed by atoms with Gasteiger partial charge in [-0.15, -0.1) is 0 Å². The van der Waals surface area contributed by atoms with Gasteiger partial charge < -0.3 is 24.2 Å². The normalized spacial score (nSPS) is 18.6. The summed E-state index contributed by atoms with van der Waals surface area (Å²) in [4.78, 5) is 27.1. The highest BCUT2D eigenvalue weighted by Gasteiger charge is 2.35. The van der Waals surface area contributed by atoms with E-state index in [2.05, 4.69) is 6.92 Å². The third-order valence-electron chi connectivity index (χ3n) is 5.98. The fraction of sp³-hybridized carbons (Fsp3) is 0.667. The lowest BCUT2D eigenvalue weighted by molar-refractivity contribution is -0.124. The molecular weight excluding hydrogens is 417 g/mol. The first-order valence-electron chi connectivity index (χ1n) is 11.3. The molecule has 0 saturated heterocycles. The maximum Gasteiger partial charge on any atom is 0.337 e. The van der Waals surface area contributed by atoms with Crippen LogP contribution in [0.15, 0.2) is 12.1 Å². The lowest BCUT2D eigenvalue weighted by Gasteiger charge is -2.36. The third-order valence-corrected chi connectivity index (χ3v) is 5.98. The van der Waals surface area contributed by atoms with Crippen molar-refractivity contribution >= 4 is 17.6 Å². The molecule has 2 rings (SSSR count). The fourth-order valence-corrected chi connectivity index (χ4v) is 4.13.